The molecule has 96 valence electrons. The highest BCUT2D eigenvalue weighted by Gasteiger charge is 2.31. The van der Waals surface area contributed by atoms with Gasteiger partial charge in [0.25, 0.3) is 0 Å². The molecule has 0 aromatic carbocycles. The molecule has 1 heterocycles. The molecule has 0 aromatic rings. The van der Waals surface area contributed by atoms with E-state index < -0.39 is 5.91 Å². The summed E-state index contributed by atoms with van der Waals surface area (Å²) < 4.78 is 0. The van der Waals surface area contributed by atoms with Crippen LogP contribution >= 0.6 is 0 Å². The number of rotatable bonds is 5. The molecule has 17 heavy (non-hydrogen) atoms. The van der Waals surface area contributed by atoms with Crippen molar-refractivity contribution in [2.75, 3.05) is 19.6 Å². The van der Waals surface area contributed by atoms with Crippen LogP contribution in [0.15, 0.2) is 0 Å². The predicted octanol–water partition coefficient (Wildman–Crippen LogP) is -0.148. The molecule has 3 N–H and O–H groups in total. The first-order valence-electron chi connectivity index (χ1n) is 6.45. The number of piperidine rings is 1. The summed E-state index contributed by atoms with van der Waals surface area (Å²) in [6, 6.07) is 0.141. The Morgan fingerprint density at radius 3 is 2.59 bits per heavy atom. The zero-order valence-corrected chi connectivity index (χ0v) is 10.2. The van der Waals surface area contributed by atoms with E-state index in [0.29, 0.717) is 12.3 Å². The standard InChI is InChI=1S/C12H21N3O2/c13-11(16)8-15(10-2-1-5-14-7-10)12(17)6-9-3-4-9/h9-10,14H,1-8H2,(H2,13,16). The van der Waals surface area contributed by atoms with E-state index in [1.54, 1.807) is 4.90 Å². The summed E-state index contributed by atoms with van der Waals surface area (Å²) in [4.78, 5) is 24.9. The fraction of sp³-hybridized carbons (Fsp3) is 0.833. The molecule has 5 heteroatoms. The van der Waals surface area contributed by atoms with E-state index >= 15 is 0 Å². The van der Waals surface area contributed by atoms with E-state index in [0.717, 1.165) is 38.8 Å². The Hall–Kier alpha value is -1.10. The third-order valence-corrected chi connectivity index (χ3v) is 3.52. The SMILES string of the molecule is NC(=O)CN(C(=O)CC1CC1)C1CCCNC1. The molecule has 1 aliphatic carbocycles. The van der Waals surface area contributed by atoms with Crippen LogP contribution in [0, 0.1) is 5.92 Å². The van der Waals surface area contributed by atoms with Crippen LogP contribution in [-0.2, 0) is 9.59 Å². The van der Waals surface area contributed by atoms with Crippen molar-refractivity contribution in [1.29, 1.82) is 0 Å². The Labute approximate surface area is 102 Å². The van der Waals surface area contributed by atoms with Gasteiger partial charge in [-0.3, -0.25) is 9.59 Å². The van der Waals surface area contributed by atoms with Crippen molar-refractivity contribution in [2.45, 2.75) is 38.1 Å². The zero-order valence-electron chi connectivity index (χ0n) is 10.2. The molecule has 2 aliphatic rings. The van der Waals surface area contributed by atoms with Crippen LogP contribution in [0.5, 0.6) is 0 Å². The van der Waals surface area contributed by atoms with Gasteiger partial charge in [0.15, 0.2) is 0 Å². The summed E-state index contributed by atoms with van der Waals surface area (Å²) in [5.74, 6) is 0.231. The number of nitrogens with one attached hydrogen (secondary N) is 1. The molecule has 0 spiro atoms. The lowest BCUT2D eigenvalue weighted by Crippen LogP contribution is -2.51. The molecule has 1 atom stereocenters. The summed E-state index contributed by atoms with van der Waals surface area (Å²) >= 11 is 0. The van der Waals surface area contributed by atoms with Crippen LogP contribution in [0.2, 0.25) is 0 Å². The van der Waals surface area contributed by atoms with Crippen LogP contribution in [-0.4, -0.2) is 42.4 Å². The average molecular weight is 239 g/mol. The zero-order chi connectivity index (χ0) is 12.3. The lowest BCUT2D eigenvalue weighted by Gasteiger charge is -2.34. The van der Waals surface area contributed by atoms with Crippen LogP contribution in [0.4, 0.5) is 0 Å². The van der Waals surface area contributed by atoms with Crippen LogP contribution in [0.25, 0.3) is 0 Å². The highest BCUT2D eigenvalue weighted by atomic mass is 16.2. The average Bonchev–Trinajstić information content (AvgIpc) is 3.10. The van der Waals surface area contributed by atoms with Gasteiger partial charge in [0.2, 0.25) is 11.8 Å². The highest BCUT2D eigenvalue weighted by molar-refractivity contribution is 5.84. The second kappa shape index (κ2) is 5.49. The maximum absolute atomic E-state index is 12.1. The fourth-order valence-corrected chi connectivity index (χ4v) is 2.37. The van der Waals surface area contributed by atoms with Gasteiger partial charge in [0.05, 0.1) is 6.54 Å². The van der Waals surface area contributed by atoms with E-state index in [4.69, 9.17) is 5.73 Å². The number of primary amides is 1. The fourth-order valence-electron chi connectivity index (χ4n) is 2.37. The number of nitrogens with zero attached hydrogens (tertiary/aromatic N) is 1. The first kappa shape index (κ1) is 12.4. The Bertz CT molecular complexity index is 296. The molecule has 1 aliphatic heterocycles. The lowest BCUT2D eigenvalue weighted by atomic mass is 10.0. The summed E-state index contributed by atoms with van der Waals surface area (Å²) in [6.07, 6.45) is 4.91. The number of hydrogen-bond donors (Lipinski definition) is 2. The monoisotopic (exact) mass is 239 g/mol. The molecule has 5 nitrogen and oxygen atoms in total. The van der Waals surface area contributed by atoms with Crippen LogP contribution in [0.1, 0.15) is 32.1 Å². The van der Waals surface area contributed by atoms with Gasteiger partial charge in [-0.15, -0.1) is 0 Å². The van der Waals surface area contributed by atoms with Gasteiger partial charge in [-0.05, 0) is 38.1 Å². The van der Waals surface area contributed by atoms with Gasteiger partial charge in [0, 0.05) is 19.0 Å². The molecular weight excluding hydrogens is 218 g/mol. The van der Waals surface area contributed by atoms with E-state index in [1.165, 1.54) is 0 Å². The van der Waals surface area contributed by atoms with Gasteiger partial charge in [-0.2, -0.15) is 0 Å². The van der Waals surface area contributed by atoms with Crippen molar-refractivity contribution in [3.63, 3.8) is 0 Å². The summed E-state index contributed by atoms with van der Waals surface area (Å²) in [5.41, 5.74) is 5.23. The molecule has 1 unspecified atom stereocenters. The lowest BCUT2D eigenvalue weighted by molar-refractivity contribution is -0.138. The molecule has 2 amide bonds. The summed E-state index contributed by atoms with van der Waals surface area (Å²) in [7, 11) is 0. The quantitative estimate of drug-likeness (QED) is 0.700. The first-order valence-corrected chi connectivity index (χ1v) is 6.45. The van der Waals surface area contributed by atoms with Crippen molar-refractivity contribution in [3.8, 4) is 0 Å². The minimum atomic E-state index is -0.417. The molecule has 1 saturated heterocycles. The molecule has 2 fully saturated rings. The first-order chi connectivity index (χ1) is 8.16. The van der Waals surface area contributed by atoms with Gasteiger partial charge in [-0.25, -0.2) is 0 Å². The largest absolute Gasteiger partial charge is 0.368 e. The van der Waals surface area contributed by atoms with E-state index in [1.807, 2.05) is 0 Å². The van der Waals surface area contributed by atoms with Crippen molar-refractivity contribution >= 4 is 11.8 Å². The van der Waals surface area contributed by atoms with E-state index in [-0.39, 0.29) is 18.5 Å². The Balaban J connectivity index is 1.94. The van der Waals surface area contributed by atoms with E-state index in [9.17, 15) is 9.59 Å². The van der Waals surface area contributed by atoms with Crippen molar-refractivity contribution in [1.82, 2.24) is 10.2 Å². The molecule has 0 radical (unpaired) electrons. The van der Waals surface area contributed by atoms with Gasteiger partial charge in [-0.1, -0.05) is 0 Å². The smallest absolute Gasteiger partial charge is 0.237 e. The number of nitrogens with two attached hydrogens (primary N) is 1. The molecule has 0 aromatic heterocycles. The van der Waals surface area contributed by atoms with E-state index in [2.05, 4.69) is 5.32 Å². The van der Waals surface area contributed by atoms with Gasteiger partial charge < -0.3 is 16.0 Å². The molecule has 0 bridgehead atoms. The van der Waals surface area contributed by atoms with Gasteiger partial charge in [0.1, 0.15) is 0 Å². The second-order valence-electron chi connectivity index (χ2n) is 5.14. The third-order valence-electron chi connectivity index (χ3n) is 3.52. The third kappa shape index (κ3) is 3.70. The Kier molecular flexibility index (Phi) is 3.99. The summed E-state index contributed by atoms with van der Waals surface area (Å²) in [5, 5.41) is 3.27. The topological polar surface area (TPSA) is 75.4 Å². The van der Waals surface area contributed by atoms with Crippen LogP contribution in [0.3, 0.4) is 0 Å². The van der Waals surface area contributed by atoms with Crippen LogP contribution < -0.4 is 11.1 Å². The second-order valence-corrected chi connectivity index (χ2v) is 5.14. The van der Waals surface area contributed by atoms with Gasteiger partial charge >= 0.3 is 0 Å². The normalized spacial score (nSPS) is 24.4. The number of carbonyl (C=O) groups is 2. The Morgan fingerprint density at radius 1 is 1.29 bits per heavy atom. The Morgan fingerprint density at radius 2 is 2.06 bits per heavy atom. The maximum Gasteiger partial charge on any atom is 0.237 e. The minimum absolute atomic E-state index is 0.0674. The summed E-state index contributed by atoms with van der Waals surface area (Å²) in [6.45, 7) is 1.85. The number of amides is 2. The predicted molar refractivity (Wildman–Crippen MR) is 64.1 cm³/mol. The number of carbonyl (C=O) groups excluding carboxylic acids is 2. The molecule has 1 saturated carbocycles. The van der Waals surface area contributed by atoms with Crippen molar-refractivity contribution < 1.29 is 9.59 Å². The minimum Gasteiger partial charge on any atom is -0.368 e. The molecular formula is C12H21N3O2. The van der Waals surface area contributed by atoms with Crippen molar-refractivity contribution in [3.05, 3.63) is 0 Å². The van der Waals surface area contributed by atoms with Crippen molar-refractivity contribution in [2.24, 2.45) is 11.7 Å². The maximum atomic E-state index is 12.1. The number of hydrogen-bond acceptors (Lipinski definition) is 3. The molecule has 2 rings (SSSR count). The highest BCUT2D eigenvalue weighted by Crippen LogP contribution is 2.33.